The minimum atomic E-state index is 0.0749. The number of aromatic hydroxyl groups is 1. The summed E-state index contributed by atoms with van der Waals surface area (Å²) in [4.78, 5) is 4.77. The number of rotatable bonds is 5. The second-order valence-corrected chi connectivity index (χ2v) is 7.47. The summed E-state index contributed by atoms with van der Waals surface area (Å²) in [5, 5.41) is 14.1. The van der Waals surface area contributed by atoms with Gasteiger partial charge in [0.1, 0.15) is 5.75 Å². The fraction of sp³-hybridized carbons (Fsp3) is 0.684. The van der Waals surface area contributed by atoms with Gasteiger partial charge in [-0.15, -0.1) is 0 Å². The molecular weight excluding hydrogens is 286 g/mol. The number of anilines is 1. The molecule has 1 atom stereocenters. The number of benzene rings is 1. The number of hydrogen-bond acceptors (Lipinski definition) is 4. The molecule has 1 aromatic rings. The number of phenolic OH excluding ortho intramolecular Hbond substituents is 1. The third kappa shape index (κ3) is 4.18. The van der Waals surface area contributed by atoms with Gasteiger partial charge in [0.05, 0.1) is 0 Å². The largest absolute Gasteiger partial charge is 0.508 e. The monoisotopic (exact) mass is 319 g/mol. The Morgan fingerprint density at radius 1 is 1.17 bits per heavy atom. The highest BCUT2D eigenvalue weighted by molar-refractivity contribution is 5.54. The Morgan fingerprint density at radius 2 is 1.78 bits per heavy atom. The van der Waals surface area contributed by atoms with E-state index in [4.69, 9.17) is 0 Å². The summed E-state index contributed by atoms with van der Waals surface area (Å²) in [6, 6.07) is 6.45. The Morgan fingerprint density at radius 3 is 2.26 bits per heavy atom. The predicted molar refractivity (Wildman–Crippen MR) is 98.3 cm³/mol. The summed E-state index contributed by atoms with van der Waals surface area (Å²) in [5.41, 5.74) is 2.23. The molecule has 1 aliphatic rings. The van der Waals surface area contributed by atoms with Crippen molar-refractivity contribution in [3.8, 4) is 5.75 Å². The van der Waals surface area contributed by atoms with E-state index in [9.17, 15) is 5.11 Å². The first-order valence-electron chi connectivity index (χ1n) is 8.91. The van der Waals surface area contributed by atoms with Crippen LogP contribution in [-0.4, -0.2) is 49.3 Å². The minimum absolute atomic E-state index is 0.0749. The van der Waals surface area contributed by atoms with E-state index in [1.165, 1.54) is 0 Å². The molecule has 23 heavy (non-hydrogen) atoms. The second-order valence-electron chi connectivity index (χ2n) is 7.47. The van der Waals surface area contributed by atoms with Crippen molar-refractivity contribution in [2.75, 3.05) is 44.2 Å². The van der Waals surface area contributed by atoms with E-state index in [-0.39, 0.29) is 11.5 Å². The molecule has 4 heteroatoms. The Kier molecular flexibility index (Phi) is 5.93. The van der Waals surface area contributed by atoms with Crippen LogP contribution in [-0.2, 0) is 0 Å². The van der Waals surface area contributed by atoms with Crippen molar-refractivity contribution in [2.24, 2.45) is 5.41 Å². The highest BCUT2D eigenvalue weighted by atomic mass is 16.3. The molecule has 1 heterocycles. The molecule has 1 aliphatic heterocycles. The maximum atomic E-state index is 10.7. The van der Waals surface area contributed by atoms with Gasteiger partial charge in [0.25, 0.3) is 0 Å². The standard InChI is InChI=1S/C19H33N3O/c1-6-21(7-2)15-8-9-16(17(23)14-15)18(19(3,4)5)22-12-10-20-11-13-22/h8-9,14,18,20,23H,6-7,10-13H2,1-5H3/t18-/m1/s1. The Bertz CT molecular complexity index is 500. The molecule has 0 aromatic heterocycles. The van der Waals surface area contributed by atoms with Gasteiger partial charge in [0.15, 0.2) is 0 Å². The van der Waals surface area contributed by atoms with Gasteiger partial charge in [0.2, 0.25) is 0 Å². The topological polar surface area (TPSA) is 38.7 Å². The summed E-state index contributed by atoms with van der Waals surface area (Å²) in [7, 11) is 0. The lowest BCUT2D eigenvalue weighted by Gasteiger charge is -2.43. The van der Waals surface area contributed by atoms with Crippen LogP contribution in [0.15, 0.2) is 18.2 Å². The second kappa shape index (κ2) is 7.54. The maximum absolute atomic E-state index is 10.7. The molecule has 0 bridgehead atoms. The van der Waals surface area contributed by atoms with E-state index in [2.05, 4.69) is 61.9 Å². The SMILES string of the molecule is CCN(CC)c1ccc([C@@H](N2CCNCC2)C(C)(C)C)c(O)c1. The van der Waals surface area contributed by atoms with Gasteiger partial charge in [-0.25, -0.2) is 0 Å². The predicted octanol–water partition coefficient (Wildman–Crippen LogP) is 3.23. The molecule has 4 nitrogen and oxygen atoms in total. The third-order valence-corrected chi connectivity index (χ3v) is 4.77. The molecule has 0 saturated carbocycles. The average Bonchev–Trinajstić information content (AvgIpc) is 2.51. The fourth-order valence-electron chi connectivity index (χ4n) is 3.70. The molecule has 130 valence electrons. The lowest BCUT2D eigenvalue weighted by atomic mass is 9.80. The molecule has 2 rings (SSSR count). The quantitative estimate of drug-likeness (QED) is 0.874. The molecule has 0 unspecified atom stereocenters. The van der Waals surface area contributed by atoms with E-state index < -0.39 is 0 Å². The summed E-state index contributed by atoms with van der Waals surface area (Å²) < 4.78 is 0. The fourth-order valence-corrected chi connectivity index (χ4v) is 3.70. The van der Waals surface area contributed by atoms with Crippen LogP contribution in [0.3, 0.4) is 0 Å². The van der Waals surface area contributed by atoms with Crippen LogP contribution in [0.25, 0.3) is 0 Å². The van der Waals surface area contributed by atoms with Crippen LogP contribution in [0, 0.1) is 5.41 Å². The van der Waals surface area contributed by atoms with E-state index in [1.807, 2.05) is 6.07 Å². The van der Waals surface area contributed by atoms with E-state index in [0.29, 0.717) is 5.75 Å². The highest BCUT2D eigenvalue weighted by Crippen LogP contribution is 2.42. The number of piperazine rings is 1. The Balaban J connectivity index is 2.35. The first-order chi connectivity index (χ1) is 10.9. The van der Waals surface area contributed by atoms with Crippen LogP contribution in [0.2, 0.25) is 0 Å². The number of nitrogens with one attached hydrogen (secondary N) is 1. The van der Waals surface area contributed by atoms with Gasteiger partial charge in [0, 0.05) is 62.6 Å². The first-order valence-corrected chi connectivity index (χ1v) is 8.91. The smallest absolute Gasteiger partial charge is 0.122 e. The Labute approximate surface area is 141 Å². The van der Waals surface area contributed by atoms with Gasteiger partial charge < -0.3 is 15.3 Å². The molecule has 1 saturated heterocycles. The lowest BCUT2D eigenvalue weighted by Crippen LogP contribution is -2.48. The van der Waals surface area contributed by atoms with Crippen LogP contribution >= 0.6 is 0 Å². The van der Waals surface area contributed by atoms with Crippen LogP contribution < -0.4 is 10.2 Å². The molecule has 1 aromatic carbocycles. The van der Waals surface area contributed by atoms with Gasteiger partial charge in [-0.05, 0) is 25.3 Å². The molecule has 2 N–H and O–H groups in total. The zero-order valence-corrected chi connectivity index (χ0v) is 15.4. The van der Waals surface area contributed by atoms with Crippen LogP contribution in [0.4, 0.5) is 5.69 Å². The molecule has 1 fully saturated rings. The van der Waals surface area contributed by atoms with Gasteiger partial charge in [-0.1, -0.05) is 26.8 Å². The van der Waals surface area contributed by atoms with E-state index in [0.717, 1.165) is 50.5 Å². The highest BCUT2D eigenvalue weighted by Gasteiger charge is 2.34. The normalized spacial score (nSPS) is 18.0. The van der Waals surface area contributed by atoms with Crippen molar-refractivity contribution in [1.82, 2.24) is 10.2 Å². The summed E-state index contributed by atoms with van der Waals surface area (Å²) >= 11 is 0. The first kappa shape index (κ1) is 18.1. The van der Waals surface area contributed by atoms with E-state index in [1.54, 1.807) is 0 Å². The van der Waals surface area contributed by atoms with Crippen molar-refractivity contribution in [2.45, 2.75) is 40.7 Å². The molecule has 0 spiro atoms. The average molecular weight is 319 g/mol. The van der Waals surface area contributed by atoms with Crippen molar-refractivity contribution >= 4 is 5.69 Å². The van der Waals surface area contributed by atoms with Crippen LogP contribution in [0.5, 0.6) is 5.75 Å². The van der Waals surface area contributed by atoms with Crippen molar-refractivity contribution in [3.63, 3.8) is 0 Å². The summed E-state index contributed by atoms with van der Waals surface area (Å²) in [6.45, 7) is 17.1. The minimum Gasteiger partial charge on any atom is -0.508 e. The molecule has 0 radical (unpaired) electrons. The summed E-state index contributed by atoms with van der Waals surface area (Å²) in [6.07, 6.45) is 0. The zero-order chi connectivity index (χ0) is 17.0. The van der Waals surface area contributed by atoms with Crippen molar-refractivity contribution < 1.29 is 5.11 Å². The lowest BCUT2D eigenvalue weighted by molar-refractivity contribution is 0.0842. The van der Waals surface area contributed by atoms with Crippen LogP contribution in [0.1, 0.15) is 46.2 Å². The molecular formula is C19H33N3O. The number of phenols is 1. The number of hydrogen-bond donors (Lipinski definition) is 2. The van der Waals surface area contributed by atoms with Gasteiger partial charge >= 0.3 is 0 Å². The third-order valence-electron chi connectivity index (χ3n) is 4.77. The van der Waals surface area contributed by atoms with E-state index >= 15 is 0 Å². The molecule has 0 amide bonds. The van der Waals surface area contributed by atoms with Gasteiger partial charge in [-0.2, -0.15) is 0 Å². The zero-order valence-electron chi connectivity index (χ0n) is 15.4. The van der Waals surface area contributed by atoms with Gasteiger partial charge in [-0.3, -0.25) is 4.90 Å². The number of nitrogens with zero attached hydrogens (tertiary/aromatic N) is 2. The summed E-state index contributed by atoms with van der Waals surface area (Å²) in [5.74, 6) is 0.424. The maximum Gasteiger partial charge on any atom is 0.122 e. The van der Waals surface area contributed by atoms with Crippen molar-refractivity contribution in [3.05, 3.63) is 23.8 Å². The van der Waals surface area contributed by atoms with Crippen molar-refractivity contribution in [1.29, 1.82) is 0 Å². The Hall–Kier alpha value is -1.26. The molecule has 0 aliphatic carbocycles.